The third-order valence-electron chi connectivity index (χ3n) is 4.59. The van der Waals surface area contributed by atoms with Gasteiger partial charge in [0, 0.05) is 42.5 Å². The lowest BCUT2D eigenvalue weighted by Crippen LogP contribution is -2.20. The number of nitrogen functional groups attached to an aromatic ring is 1. The van der Waals surface area contributed by atoms with E-state index in [1.165, 1.54) is 0 Å². The molecule has 0 amide bonds. The maximum Gasteiger partial charge on any atom is 0.213 e. The molecule has 0 saturated heterocycles. The second kappa shape index (κ2) is 7.62. The predicted molar refractivity (Wildman–Crippen MR) is 118 cm³/mol. The highest BCUT2D eigenvalue weighted by atomic mass is 16.5. The lowest BCUT2D eigenvalue weighted by molar-refractivity contribution is 0.398. The summed E-state index contributed by atoms with van der Waals surface area (Å²) in [6.45, 7) is 7.26. The Morgan fingerprint density at radius 2 is 1.93 bits per heavy atom. The number of anilines is 2. The summed E-state index contributed by atoms with van der Waals surface area (Å²) in [4.78, 5) is 18.1. The van der Waals surface area contributed by atoms with Gasteiger partial charge in [0.2, 0.25) is 5.88 Å². The van der Waals surface area contributed by atoms with Crippen molar-refractivity contribution in [2.24, 2.45) is 5.41 Å². The second-order valence-electron chi connectivity index (χ2n) is 8.29. The van der Waals surface area contributed by atoms with E-state index in [4.69, 9.17) is 15.5 Å². The summed E-state index contributed by atoms with van der Waals surface area (Å²) in [5, 5.41) is 3.48. The Labute approximate surface area is 175 Å². The highest BCUT2D eigenvalue weighted by Crippen LogP contribution is 2.30. The van der Waals surface area contributed by atoms with Crippen molar-refractivity contribution in [1.82, 2.24) is 24.3 Å². The molecule has 4 rings (SSSR count). The van der Waals surface area contributed by atoms with Crippen molar-refractivity contribution in [2.75, 3.05) is 24.7 Å². The van der Waals surface area contributed by atoms with Crippen molar-refractivity contribution in [3.05, 3.63) is 49.1 Å². The van der Waals surface area contributed by atoms with Gasteiger partial charge < -0.3 is 15.8 Å². The molecule has 0 unspecified atom stereocenters. The minimum atomic E-state index is 0.0794. The summed E-state index contributed by atoms with van der Waals surface area (Å²) in [5.74, 6) is 1.84. The number of fused-ring (bicyclic) bond motifs is 1. The maximum atomic E-state index is 5.96. The van der Waals surface area contributed by atoms with Crippen LogP contribution in [0, 0.1) is 5.41 Å². The van der Waals surface area contributed by atoms with Crippen LogP contribution in [0.15, 0.2) is 49.1 Å². The highest BCUT2D eigenvalue weighted by molar-refractivity contribution is 5.76. The molecule has 154 valence electrons. The first kappa shape index (κ1) is 19.6. The Balaban J connectivity index is 1.82. The molecular weight excluding hydrogens is 378 g/mol. The van der Waals surface area contributed by atoms with E-state index < -0.39 is 0 Å². The summed E-state index contributed by atoms with van der Waals surface area (Å²) < 4.78 is 7.17. The number of aromatic nitrogens is 5. The normalized spacial score (nSPS) is 11.6. The summed E-state index contributed by atoms with van der Waals surface area (Å²) in [7, 11) is 1.60. The third-order valence-corrected chi connectivity index (χ3v) is 4.59. The Bertz CT molecular complexity index is 1190. The number of pyridine rings is 2. The predicted octanol–water partition coefficient (Wildman–Crippen LogP) is 3.90. The van der Waals surface area contributed by atoms with Crippen LogP contribution in [-0.4, -0.2) is 38.0 Å². The van der Waals surface area contributed by atoms with Gasteiger partial charge in [-0.1, -0.05) is 20.8 Å². The molecule has 0 aliphatic carbocycles. The minimum Gasteiger partial charge on any atom is -0.481 e. The topological polar surface area (TPSA) is 103 Å². The van der Waals surface area contributed by atoms with E-state index in [1.807, 2.05) is 41.1 Å². The van der Waals surface area contributed by atoms with Crippen LogP contribution in [0.4, 0.5) is 11.5 Å². The average Bonchev–Trinajstić information content (AvgIpc) is 3.14. The molecule has 8 heteroatoms. The molecule has 4 heterocycles. The second-order valence-corrected chi connectivity index (χ2v) is 8.29. The van der Waals surface area contributed by atoms with Crippen LogP contribution in [0.2, 0.25) is 0 Å². The van der Waals surface area contributed by atoms with E-state index in [9.17, 15) is 0 Å². The molecule has 0 aromatic carbocycles. The summed E-state index contributed by atoms with van der Waals surface area (Å²) in [6, 6.07) is 7.48. The van der Waals surface area contributed by atoms with Gasteiger partial charge in [-0.05, 0) is 29.2 Å². The van der Waals surface area contributed by atoms with Gasteiger partial charge in [0.25, 0.3) is 0 Å². The smallest absolute Gasteiger partial charge is 0.213 e. The van der Waals surface area contributed by atoms with Gasteiger partial charge >= 0.3 is 0 Å². The van der Waals surface area contributed by atoms with Crippen molar-refractivity contribution in [3.63, 3.8) is 0 Å². The van der Waals surface area contributed by atoms with E-state index in [2.05, 4.69) is 41.0 Å². The van der Waals surface area contributed by atoms with E-state index in [0.29, 0.717) is 17.4 Å². The van der Waals surface area contributed by atoms with Crippen LogP contribution in [0.25, 0.3) is 28.3 Å². The standard InChI is InChI=1S/C22H25N7O/c1-22(2,3)13-27-20-16(14-7-8-24-19(9-14)30-4)10-26-21(28-20)17-11-25-18-6-5-15(23)12-29(17)18/h5-12H,13,23H2,1-4H3,(H,26,27,28). The number of nitrogens with one attached hydrogen (secondary N) is 1. The molecule has 0 aliphatic heterocycles. The molecule has 0 saturated carbocycles. The summed E-state index contributed by atoms with van der Waals surface area (Å²) in [6.07, 6.45) is 7.11. The molecule has 30 heavy (non-hydrogen) atoms. The largest absolute Gasteiger partial charge is 0.481 e. The van der Waals surface area contributed by atoms with Gasteiger partial charge in [-0.3, -0.25) is 4.40 Å². The van der Waals surface area contributed by atoms with Crippen LogP contribution < -0.4 is 15.8 Å². The first-order valence-electron chi connectivity index (χ1n) is 9.68. The molecular formula is C22H25N7O. The van der Waals surface area contributed by atoms with Crippen molar-refractivity contribution in [1.29, 1.82) is 0 Å². The van der Waals surface area contributed by atoms with E-state index >= 15 is 0 Å². The Morgan fingerprint density at radius 3 is 2.70 bits per heavy atom. The van der Waals surface area contributed by atoms with E-state index in [1.54, 1.807) is 19.5 Å². The molecule has 0 atom stereocenters. The molecule has 0 radical (unpaired) electrons. The van der Waals surface area contributed by atoms with Crippen LogP contribution in [0.5, 0.6) is 5.88 Å². The zero-order chi connectivity index (χ0) is 21.3. The molecule has 3 N–H and O–H groups in total. The Hall–Kier alpha value is -3.68. The van der Waals surface area contributed by atoms with E-state index in [-0.39, 0.29) is 5.41 Å². The van der Waals surface area contributed by atoms with Crippen molar-refractivity contribution < 1.29 is 4.74 Å². The fraction of sp³-hybridized carbons (Fsp3) is 0.273. The third kappa shape index (κ3) is 4.03. The summed E-state index contributed by atoms with van der Waals surface area (Å²) in [5.41, 5.74) is 10.0. The van der Waals surface area contributed by atoms with Crippen LogP contribution >= 0.6 is 0 Å². The number of hydrogen-bond donors (Lipinski definition) is 2. The van der Waals surface area contributed by atoms with Crippen molar-refractivity contribution >= 4 is 17.2 Å². The molecule has 4 aromatic rings. The van der Waals surface area contributed by atoms with Gasteiger partial charge in [-0.25, -0.2) is 19.9 Å². The maximum absolute atomic E-state index is 5.96. The zero-order valence-corrected chi connectivity index (χ0v) is 17.5. The first-order valence-corrected chi connectivity index (χ1v) is 9.68. The Kier molecular flexibility index (Phi) is 4.99. The molecule has 0 bridgehead atoms. The number of nitrogens with two attached hydrogens (primary N) is 1. The van der Waals surface area contributed by atoms with Crippen LogP contribution in [0.1, 0.15) is 20.8 Å². The number of ether oxygens (including phenoxy) is 1. The van der Waals surface area contributed by atoms with Gasteiger partial charge in [0.1, 0.15) is 17.2 Å². The van der Waals surface area contributed by atoms with Gasteiger partial charge in [0.15, 0.2) is 5.82 Å². The van der Waals surface area contributed by atoms with Gasteiger partial charge in [0.05, 0.1) is 13.3 Å². The average molecular weight is 403 g/mol. The number of hydrogen-bond acceptors (Lipinski definition) is 7. The Morgan fingerprint density at radius 1 is 1.10 bits per heavy atom. The zero-order valence-electron chi connectivity index (χ0n) is 17.5. The lowest BCUT2D eigenvalue weighted by atomic mass is 9.97. The minimum absolute atomic E-state index is 0.0794. The fourth-order valence-electron chi connectivity index (χ4n) is 3.05. The molecule has 4 aromatic heterocycles. The van der Waals surface area contributed by atoms with Crippen LogP contribution in [-0.2, 0) is 0 Å². The molecule has 0 aliphatic rings. The van der Waals surface area contributed by atoms with Crippen molar-refractivity contribution in [2.45, 2.75) is 20.8 Å². The quantitative estimate of drug-likeness (QED) is 0.521. The van der Waals surface area contributed by atoms with Gasteiger partial charge in [-0.2, -0.15) is 0 Å². The fourth-order valence-corrected chi connectivity index (χ4v) is 3.05. The molecule has 0 spiro atoms. The van der Waals surface area contributed by atoms with Crippen molar-refractivity contribution in [3.8, 4) is 28.5 Å². The highest BCUT2D eigenvalue weighted by Gasteiger charge is 2.17. The molecule has 0 fully saturated rings. The SMILES string of the molecule is COc1cc(-c2cnc(-c3cnc4ccc(N)cn34)nc2NCC(C)(C)C)ccn1. The monoisotopic (exact) mass is 403 g/mol. The lowest BCUT2D eigenvalue weighted by Gasteiger charge is -2.21. The number of nitrogens with zero attached hydrogens (tertiary/aromatic N) is 5. The molecule has 8 nitrogen and oxygen atoms in total. The van der Waals surface area contributed by atoms with Crippen LogP contribution in [0.3, 0.4) is 0 Å². The number of rotatable bonds is 5. The van der Waals surface area contributed by atoms with E-state index in [0.717, 1.165) is 34.8 Å². The number of imidazole rings is 1. The first-order chi connectivity index (χ1) is 14.3. The van der Waals surface area contributed by atoms with Gasteiger partial charge in [-0.15, -0.1) is 0 Å². The number of methoxy groups -OCH3 is 1. The summed E-state index contributed by atoms with van der Waals surface area (Å²) >= 11 is 0.